The Hall–Kier alpha value is -2.47. The number of hydrogen-bond donors (Lipinski definition) is 1. The second-order valence-electron chi connectivity index (χ2n) is 6.40. The van der Waals surface area contributed by atoms with Crippen molar-refractivity contribution in [2.75, 3.05) is 19.0 Å². The summed E-state index contributed by atoms with van der Waals surface area (Å²) in [7, 11) is 1.62. The molecular formula is C21H27ClN2O4. The lowest BCUT2D eigenvalue weighted by Crippen LogP contribution is -2.37. The molecule has 1 N–H and O–H groups in total. The van der Waals surface area contributed by atoms with Crippen LogP contribution in [0.25, 0.3) is 0 Å². The molecule has 0 aliphatic rings. The summed E-state index contributed by atoms with van der Waals surface area (Å²) >= 11 is 6.47. The molecule has 6 nitrogen and oxygen atoms in total. The second-order valence-corrected chi connectivity index (χ2v) is 6.78. The van der Waals surface area contributed by atoms with E-state index in [9.17, 15) is 10.0 Å². The van der Waals surface area contributed by atoms with E-state index in [1.807, 2.05) is 26.0 Å². The molecule has 0 saturated heterocycles. The van der Waals surface area contributed by atoms with Crippen molar-refractivity contribution in [3.8, 4) is 11.5 Å². The Labute approximate surface area is 171 Å². The van der Waals surface area contributed by atoms with Crippen molar-refractivity contribution in [1.82, 2.24) is 0 Å². The molecule has 0 fully saturated rings. The van der Waals surface area contributed by atoms with E-state index in [1.54, 1.807) is 27.9 Å². The predicted octanol–water partition coefficient (Wildman–Crippen LogP) is 4.37. The Morgan fingerprint density at radius 1 is 1.14 bits per heavy atom. The number of amides is 1. The standard InChI is InChI=1S/C21H27ClN2O4/c1-7-14-10-16(27-6)11-15(8-2)19(14)23-21(25)17-12(4)24(26)13(5)20(18(17)22)28-9-3/h10-11H,7-9H2,1-6H3,(H,23,25). The van der Waals surface area contributed by atoms with Gasteiger partial charge in [-0.1, -0.05) is 25.4 Å². The topological polar surface area (TPSA) is 74.5 Å². The largest absolute Gasteiger partial charge is 0.618 e. The molecule has 1 amide bonds. The minimum Gasteiger partial charge on any atom is -0.618 e. The summed E-state index contributed by atoms with van der Waals surface area (Å²) < 4.78 is 11.6. The van der Waals surface area contributed by atoms with Crippen LogP contribution in [-0.2, 0) is 12.8 Å². The fraction of sp³-hybridized carbons (Fsp3) is 0.429. The molecule has 0 aliphatic heterocycles. The highest BCUT2D eigenvalue weighted by atomic mass is 35.5. The van der Waals surface area contributed by atoms with Crippen molar-refractivity contribution in [1.29, 1.82) is 0 Å². The molecule has 1 aromatic heterocycles. The van der Waals surface area contributed by atoms with Gasteiger partial charge in [-0.05, 0) is 43.0 Å². The van der Waals surface area contributed by atoms with Crippen LogP contribution in [-0.4, -0.2) is 19.6 Å². The number of methoxy groups -OCH3 is 1. The number of carbonyl (C=O) groups is 1. The van der Waals surface area contributed by atoms with Crippen molar-refractivity contribution in [2.24, 2.45) is 0 Å². The number of hydrogen-bond acceptors (Lipinski definition) is 4. The van der Waals surface area contributed by atoms with Crippen LogP contribution in [0.4, 0.5) is 5.69 Å². The van der Waals surface area contributed by atoms with Crippen molar-refractivity contribution in [3.63, 3.8) is 0 Å². The van der Waals surface area contributed by atoms with Gasteiger partial charge in [0.25, 0.3) is 5.91 Å². The van der Waals surface area contributed by atoms with Crippen LogP contribution in [0.15, 0.2) is 12.1 Å². The van der Waals surface area contributed by atoms with E-state index >= 15 is 0 Å². The van der Waals surface area contributed by atoms with Gasteiger partial charge in [0, 0.05) is 19.5 Å². The normalized spacial score (nSPS) is 10.7. The molecular weight excluding hydrogens is 380 g/mol. The van der Waals surface area contributed by atoms with Gasteiger partial charge in [0.15, 0.2) is 0 Å². The molecule has 2 aromatic rings. The van der Waals surface area contributed by atoms with Crippen molar-refractivity contribution < 1.29 is 19.0 Å². The minimum atomic E-state index is -0.442. The van der Waals surface area contributed by atoms with Crippen molar-refractivity contribution in [3.05, 3.63) is 50.4 Å². The number of aromatic nitrogens is 1. The molecule has 1 heterocycles. The van der Waals surface area contributed by atoms with E-state index in [4.69, 9.17) is 21.1 Å². The van der Waals surface area contributed by atoms with E-state index in [1.165, 1.54) is 0 Å². The maximum atomic E-state index is 13.1. The Kier molecular flexibility index (Phi) is 7.13. The zero-order valence-electron chi connectivity index (χ0n) is 17.2. The third kappa shape index (κ3) is 4.02. The molecule has 7 heteroatoms. The van der Waals surface area contributed by atoms with Crippen LogP contribution in [0.1, 0.15) is 53.6 Å². The number of anilines is 1. The van der Waals surface area contributed by atoms with Crippen LogP contribution in [0.2, 0.25) is 5.02 Å². The van der Waals surface area contributed by atoms with Gasteiger partial charge in [0.2, 0.25) is 17.1 Å². The first-order valence-corrected chi connectivity index (χ1v) is 9.74. The molecule has 1 aromatic carbocycles. The number of rotatable bonds is 7. The zero-order valence-corrected chi connectivity index (χ0v) is 18.0. The van der Waals surface area contributed by atoms with Gasteiger partial charge in [0.1, 0.15) is 16.3 Å². The number of ether oxygens (including phenoxy) is 2. The predicted molar refractivity (Wildman–Crippen MR) is 111 cm³/mol. The lowest BCUT2D eigenvalue weighted by atomic mass is 10.0. The highest BCUT2D eigenvalue weighted by Crippen LogP contribution is 2.34. The van der Waals surface area contributed by atoms with Gasteiger partial charge in [-0.3, -0.25) is 4.79 Å². The van der Waals surface area contributed by atoms with Gasteiger partial charge in [0.05, 0.1) is 13.7 Å². The van der Waals surface area contributed by atoms with Crippen molar-refractivity contribution >= 4 is 23.2 Å². The smallest absolute Gasteiger partial charge is 0.263 e. The first kappa shape index (κ1) is 21.8. The average Bonchev–Trinajstić information content (AvgIpc) is 2.69. The molecule has 0 bridgehead atoms. The van der Waals surface area contributed by atoms with Gasteiger partial charge in [-0.2, -0.15) is 4.73 Å². The molecule has 0 unspecified atom stereocenters. The maximum Gasteiger partial charge on any atom is 0.263 e. The summed E-state index contributed by atoms with van der Waals surface area (Å²) in [6.45, 7) is 9.34. The Morgan fingerprint density at radius 3 is 2.18 bits per heavy atom. The molecule has 0 aliphatic carbocycles. The third-order valence-corrected chi connectivity index (χ3v) is 5.11. The fourth-order valence-electron chi connectivity index (χ4n) is 3.20. The number of halogens is 1. The van der Waals surface area contributed by atoms with Crippen LogP contribution < -0.4 is 19.5 Å². The molecule has 2 rings (SSSR count). The molecule has 0 atom stereocenters. The SMILES string of the molecule is CCOc1c(Cl)c(C(=O)Nc2c(CC)cc(OC)cc2CC)c(C)[n+]([O-])c1C. The van der Waals surface area contributed by atoms with Gasteiger partial charge in [-0.25, -0.2) is 0 Å². The highest BCUT2D eigenvalue weighted by Gasteiger charge is 2.28. The molecule has 0 spiro atoms. The molecule has 0 saturated carbocycles. The lowest BCUT2D eigenvalue weighted by molar-refractivity contribution is -0.619. The average molecular weight is 407 g/mol. The number of carbonyl (C=O) groups excluding carboxylic acids is 1. The Bertz CT molecular complexity index is 872. The van der Waals surface area contributed by atoms with Crippen LogP contribution in [0, 0.1) is 19.1 Å². The first-order valence-electron chi connectivity index (χ1n) is 9.36. The monoisotopic (exact) mass is 406 g/mol. The van der Waals surface area contributed by atoms with E-state index in [0.29, 0.717) is 29.9 Å². The van der Waals surface area contributed by atoms with E-state index in [2.05, 4.69) is 5.32 Å². The summed E-state index contributed by atoms with van der Waals surface area (Å²) in [6, 6.07) is 3.80. The van der Waals surface area contributed by atoms with Gasteiger partial charge in [-0.15, -0.1) is 0 Å². The van der Waals surface area contributed by atoms with Gasteiger partial charge >= 0.3 is 0 Å². The molecule has 0 radical (unpaired) electrons. The van der Waals surface area contributed by atoms with E-state index < -0.39 is 5.91 Å². The zero-order chi connectivity index (χ0) is 21.0. The quantitative estimate of drug-likeness (QED) is 0.547. The number of nitrogens with one attached hydrogen (secondary N) is 1. The highest BCUT2D eigenvalue weighted by molar-refractivity contribution is 6.36. The molecule has 152 valence electrons. The summed E-state index contributed by atoms with van der Waals surface area (Å²) in [4.78, 5) is 13.1. The van der Waals surface area contributed by atoms with E-state index in [0.717, 1.165) is 22.6 Å². The summed E-state index contributed by atoms with van der Waals surface area (Å²) in [5, 5.41) is 15.6. The lowest BCUT2D eigenvalue weighted by Gasteiger charge is -2.19. The second kappa shape index (κ2) is 9.15. The number of nitrogens with zero attached hydrogens (tertiary/aromatic N) is 1. The summed E-state index contributed by atoms with van der Waals surface area (Å²) in [5.74, 6) is 0.533. The minimum absolute atomic E-state index is 0.116. The number of pyridine rings is 1. The summed E-state index contributed by atoms with van der Waals surface area (Å²) in [5.41, 5.74) is 3.30. The Morgan fingerprint density at radius 2 is 1.71 bits per heavy atom. The van der Waals surface area contributed by atoms with Crippen LogP contribution in [0.3, 0.4) is 0 Å². The first-order chi connectivity index (χ1) is 13.3. The molecule has 28 heavy (non-hydrogen) atoms. The van der Waals surface area contributed by atoms with Crippen LogP contribution >= 0.6 is 11.6 Å². The maximum absolute atomic E-state index is 13.1. The van der Waals surface area contributed by atoms with Gasteiger partial charge < -0.3 is 20.0 Å². The summed E-state index contributed by atoms with van der Waals surface area (Å²) in [6.07, 6.45) is 1.43. The number of benzene rings is 1. The Balaban J connectivity index is 2.58. The third-order valence-electron chi connectivity index (χ3n) is 4.75. The van der Waals surface area contributed by atoms with Crippen molar-refractivity contribution in [2.45, 2.75) is 47.5 Å². The fourth-order valence-corrected chi connectivity index (χ4v) is 3.61. The number of aryl methyl sites for hydroxylation is 2. The van der Waals surface area contributed by atoms with Crippen LogP contribution in [0.5, 0.6) is 11.5 Å². The van der Waals surface area contributed by atoms with E-state index in [-0.39, 0.29) is 22.0 Å².